The molecule has 0 unspecified atom stereocenters. The second-order valence-electron chi connectivity index (χ2n) is 4.23. The van der Waals surface area contributed by atoms with E-state index in [1.54, 1.807) is 7.11 Å². The van der Waals surface area contributed by atoms with Crippen molar-refractivity contribution in [2.45, 2.75) is 12.8 Å². The van der Waals surface area contributed by atoms with Crippen LogP contribution in [0.3, 0.4) is 0 Å². The van der Waals surface area contributed by atoms with Gasteiger partial charge in [0, 0.05) is 12.0 Å². The highest BCUT2D eigenvalue weighted by molar-refractivity contribution is 6.66. The number of carboxylic acids is 2. The Hall–Kier alpha value is -1.34. The molecule has 2 aliphatic rings. The Kier molecular flexibility index (Phi) is 4.92. The maximum atomic E-state index is 9.10. The third-order valence-electron chi connectivity index (χ3n) is 3.13. The Morgan fingerprint density at radius 2 is 1.78 bits per heavy atom. The van der Waals surface area contributed by atoms with E-state index in [0.717, 1.165) is 32.5 Å². The molecule has 2 N–H and O–H groups in total. The summed E-state index contributed by atoms with van der Waals surface area (Å²) < 4.78 is 0. The van der Waals surface area contributed by atoms with Crippen molar-refractivity contribution in [2.24, 2.45) is 10.6 Å². The molecule has 0 aromatic carbocycles. The number of hydrogen-bond acceptors (Lipinski definition) is 5. The Morgan fingerprint density at radius 1 is 1.28 bits per heavy atom. The van der Waals surface area contributed by atoms with Gasteiger partial charge in [0.15, 0.2) is 5.17 Å². The first kappa shape index (κ1) is 14.7. The van der Waals surface area contributed by atoms with Gasteiger partial charge in [-0.1, -0.05) is 16.8 Å². The van der Waals surface area contributed by atoms with Gasteiger partial charge in [-0.15, -0.1) is 0 Å². The van der Waals surface area contributed by atoms with Gasteiger partial charge >= 0.3 is 11.9 Å². The monoisotopic (exact) mass is 278 g/mol. The summed E-state index contributed by atoms with van der Waals surface area (Å²) in [5, 5.41) is 19.3. The molecular formula is C10H15ClN2O5. The summed E-state index contributed by atoms with van der Waals surface area (Å²) >= 11 is 6.07. The van der Waals surface area contributed by atoms with Crippen LogP contribution in [-0.2, 0) is 14.4 Å². The zero-order valence-electron chi connectivity index (χ0n) is 9.93. The quantitative estimate of drug-likeness (QED) is 0.432. The molecule has 0 radical (unpaired) electrons. The van der Waals surface area contributed by atoms with Crippen LogP contribution >= 0.6 is 11.6 Å². The van der Waals surface area contributed by atoms with E-state index in [2.05, 4.69) is 10.1 Å². The average Bonchev–Trinajstić information content (AvgIpc) is 2.91. The van der Waals surface area contributed by atoms with Gasteiger partial charge in [-0.25, -0.2) is 9.59 Å². The molecular weight excluding hydrogens is 264 g/mol. The third-order valence-corrected chi connectivity index (χ3v) is 3.60. The van der Waals surface area contributed by atoms with Gasteiger partial charge in [-0.2, -0.15) is 0 Å². The van der Waals surface area contributed by atoms with Gasteiger partial charge < -0.3 is 20.0 Å². The first-order valence-corrected chi connectivity index (χ1v) is 5.75. The SMILES string of the molecule is CON=C(Cl)C12CCN(CC1)C2.O=C(O)C(=O)O. The molecule has 2 fully saturated rings. The molecule has 18 heavy (non-hydrogen) atoms. The van der Waals surface area contributed by atoms with Gasteiger partial charge in [0.05, 0.1) is 0 Å². The van der Waals surface area contributed by atoms with Crippen molar-refractivity contribution >= 4 is 28.7 Å². The van der Waals surface area contributed by atoms with Crippen molar-refractivity contribution < 1.29 is 24.6 Å². The predicted octanol–water partition coefficient (Wildman–Crippen LogP) is 0.436. The first-order valence-electron chi connectivity index (χ1n) is 5.37. The van der Waals surface area contributed by atoms with Crippen LogP contribution in [0.25, 0.3) is 0 Å². The maximum absolute atomic E-state index is 9.10. The van der Waals surface area contributed by atoms with E-state index >= 15 is 0 Å². The van der Waals surface area contributed by atoms with E-state index < -0.39 is 11.9 Å². The lowest BCUT2D eigenvalue weighted by Crippen LogP contribution is -2.26. The Bertz CT molecular complexity index is 351. The lowest BCUT2D eigenvalue weighted by molar-refractivity contribution is -0.159. The van der Waals surface area contributed by atoms with Crippen molar-refractivity contribution in [3.63, 3.8) is 0 Å². The van der Waals surface area contributed by atoms with Crippen LogP contribution in [0.2, 0.25) is 0 Å². The number of carboxylic acid groups (broad SMARTS) is 2. The summed E-state index contributed by atoms with van der Waals surface area (Å²) in [4.78, 5) is 25.3. The number of fused-ring (bicyclic) bond motifs is 2. The molecule has 0 spiro atoms. The second kappa shape index (κ2) is 6.01. The molecule has 2 rings (SSSR count). The van der Waals surface area contributed by atoms with E-state index in [-0.39, 0.29) is 5.41 Å². The maximum Gasteiger partial charge on any atom is 0.414 e. The van der Waals surface area contributed by atoms with Crippen molar-refractivity contribution in [1.29, 1.82) is 0 Å². The molecule has 102 valence electrons. The van der Waals surface area contributed by atoms with Crippen LogP contribution in [0.1, 0.15) is 12.8 Å². The fraction of sp³-hybridized carbons (Fsp3) is 0.700. The van der Waals surface area contributed by atoms with Crippen LogP contribution in [0, 0.1) is 5.41 Å². The molecule has 0 aromatic rings. The van der Waals surface area contributed by atoms with Gasteiger partial charge in [0.2, 0.25) is 0 Å². The average molecular weight is 279 g/mol. The Morgan fingerprint density at radius 3 is 2.06 bits per heavy atom. The van der Waals surface area contributed by atoms with Gasteiger partial charge in [0.1, 0.15) is 7.11 Å². The lowest BCUT2D eigenvalue weighted by atomic mass is 9.86. The van der Waals surface area contributed by atoms with Gasteiger partial charge in [0.25, 0.3) is 0 Å². The standard InChI is InChI=1S/C8H13ClN2O.C2H2O4/c1-12-10-7(9)8-2-4-11(6-8)5-3-8;3-1(4)2(5)6/h2-6H2,1H3;(H,3,4)(H,5,6). The summed E-state index contributed by atoms with van der Waals surface area (Å²) in [5.74, 6) is -3.65. The lowest BCUT2D eigenvalue weighted by Gasteiger charge is -2.22. The van der Waals surface area contributed by atoms with E-state index in [9.17, 15) is 0 Å². The molecule has 2 saturated heterocycles. The highest BCUT2D eigenvalue weighted by atomic mass is 35.5. The molecule has 8 heteroatoms. The molecule has 0 aliphatic carbocycles. The number of oxime groups is 1. The van der Waals surface area contributed by atoms with E-state index in [0.29, 0.717) is 5.17 Å². The van der Waals surface area contributed by atoms with Crippen molar-refractivity contribution in [3.8, 4) is 0 Å². The van der Waals surface area contributed by atoms with Crippen LogP contribution in [0.5, 0.6) is 0 Å². The Balaban J connectivity index is 0.000000232. The Labute approximate surface area is 109 Å². The number of halogens is 1. The minimum Gasteiger partial charge on any atom is -0.473 e. The van der Waals surface area contributed by atoms with Crippen LogP contribution in [0.4, 0.5) is 0 Å². The highest BCUT2D eigenvalue weighted by Gasteiger charge is 2.47. The van der Waals surface area contributed by atoms with Crippen LogP contribution < -0.4 is 0 Å². The normalized spacial score (nSPS) is 29.4. The summed E-state index contributed by atoms with van der Waals surface area (Å²) in [6.45, 7) is 3.39. The van der Waals surface area contributed by atoms with E-state index in [4.69, 9.17) is 36.2 Å². The number of piperidine rings is 1. The first-order chi connectivity index (χ1) is 8.41. The van der Waals surface area contributed by atoms with Crippen LogP contribution in [-0.4, -0.2) is 59.0 Å². The second-order valence-corrected chi connectivity index (χ2v) is 4.59. The number of nitrogens with zero attached hydrogens (tertiary/aromatic N) is 2. The van der Waals surface area contributed by atoms with Crippen molar-refractivity contribution in [1.82, 2.24) is 4.90 Å². The van der Waals surface area contributed by atoms with Gasteiger partial charge in [-0.05, 0) is 25.9 Å². The molecule has 2 heterocycles. The fourth-order valence-corrected chi connectivity index (χ4v) is 2.49. The highest BCUT2D eigenvalue weighted by Crippen LogP contribution is 2.42. The van der Waals surface area contributed by atoms with Gasteiger partial charge in [-0.3, -0.25) is 0 Å². The number of rotatable bonds is 2. The van der Waals surface area contributed by atoms with Crippen molar-refractivity contribution in [2.75, 3.05) is 26.7 Å². The minimum absolute atomic E-state index is 0.136. The fourth-order valence-electron chi connectivity index (χ4n) is 2.17. The topological polar surface area (TPSA) is 99.4 Å². The summed E-state index contributed by atoms with van der Waals surface area (Å²) in [5.41, 5.74) is 0.136. The van der Waals surface area contributed by atoms with E-state index in [1.807, 2.05) is 0 Å². The third kappa shape index (κ3) is 3.33. The van der Waals surface area contributed by atoms with E-state index in [1.165, 1.54) is 0 Å². The number of aliphatic carboxylic acids is 2. The predicted molar refractivity (Wildman–Crippen MR) is 63.7 cm³/mol. The molecule has 0 atom stereocenters. The summed E-state index contributed by atoms with van der Waals surface area (Å²) in [7, 11) is 1.54. The van der Waals surface area contributed by atoms with Crippen molar-refractivity contribution in [3.05, 3.63) is 0 Å². The van der Waals surface area contributed by atoms with Crippen LogP contribution in [0.15, 0.2) is 5.16 Å². The molecule has 0 saturated carbocycles. The number of hydrogen-bond donors (Lipinski definition) is 2. The molecule has 2 aliphatic heterocycles. The molecule has 0 aromatic heterocycles. The summed E-state index contributed by atoms with van der Waals surface area (Å²) in [6.07, 6.45) is 2.28. The molecule has 0 amide bonds. The zero-order valence-corrected chi connectivity index (χ0v) is 10.7. The zero-order chi connectivity index (χ0) is 13.8. The minimum atomic E-state index is -1.82. The molecule has 2 bridgehead atoms. The largest absolute Gasteiger partial charge is 0.473 e. The summed E-state index contributed by atoms with van der Waals surface area (Å²) in [6, 6.07) is 0. The number of carbonyl (C=O) groups is 2. The smallest absolute Gasteiger partial charge is 0.414 e. The molecule has 7 nitrogen and oxygen atoms in total.